The summed E-state index contributed by atoms with van der Waals surface area (Å²) in [5.41, 5.74) is 7.97. The molecular weight excluding hydrogens is 318 g/mol. The van der Waals surface area contributed by atoms with E-state index in [0.29, 0.717) is 12.0 Å². The molecule has 2 rings (SSSR count). The minimum Gasteiger partial charge on any atom is -0.370 e. The number of nitrogens with two attached hydrogens (primary N) is 1. The van der Waals surface area contributed by atoms with Crippen molar-refractivity contribution in [2.45, 2.75) is 26.2 Å². The number of piperidine rings is 1. The van der Waals surface area contributed by atoms with Gasteiger partial charge in [0, 0.05) is 24.0 Å². The summed E-state index contributed by atoms with van der Waals surface area (Å²) in [6.45, 7) is 3.66. The highest BCUT2D eigenvalue weighted by Gasteiger charge is 2.24. The number of hydrogen-bond acceptors (Lipinski definition) is 3. The highest BCUT2D eigenvalue weighted by molar-refractivity contribution is 9.10. The predicted octanol–water partition coefficient (Wildman–Crippen LogP) is 2.72. The molecule has 2 N–H and O–H groups in total. The lowest BCUT2D eigenvalue weighted by molar-refractivity contribution is -0.118. The van der Waals surface area contributed by atoms with E-state index in [-0.39, 0.29) is 11.8 Å². The van der Waals surface area contributed by atoms with Crippen LogP contribution in [0.3, 0.4) is 0 Å². The maximum Gasteiger partial charge on any atom is 0.217 e. The number of nitriles is 1. The number of amides is 1. The van der Waals surface area contributed by atoms with Gasteiger partial charge in [0.2, 0.25) is 5.91 Å². The van der Waals surface area contributed by atoms with Crippen LogP contribution in [0.1, 0.15) is 30.4 Å². The van der Waals surface area contributed by atoms with E-state index >= 15 is 0 Å². The Labute approximate surface area is 127 Å². The maximum atomic E-state index is 11.1. The number of rotatable bonds is 3. The first-order valence-corrected chi connectivity index (χ1v) is 7.54. The SMILES string of the molecule is Cc1cc(Br)c(N2CCCC(CC(N)=O)C2)c(C#N)c1. The van der Waals surface area contributed by atoms with Gasteiger partial charge in [-0.15, -0.1) is 0 Å². The zero-order valence-corrected chi connectivity index (χ0v) is 13.1. The van der Waals surface area contributed by atoms with Crippen LogP contribution in [0.25, 0.3) is 0 Å². The highest BCUT2D eigenvalue weighted by atomic mass is 79.9. The topological polar surface area (TPSA) is 70.1 Å². The van der Waals surface area contributed by atoms with Crippen LogP contribution in [-0.2, 0) is 4.79 Å². The first kappa shape index (κ1) is 14.9. The number of aryl methyl sites for hydroxylation is 1. The van der Waals surface area contributed by atoms with Crippen molar-refractivity contribution < 1.29 is 4.79 Å². The molecule has 1 atom stereocenters. The molecule has 106 valence electrons. The maximum absolute atomic E-state index is 11.1. The molecule has 1 unspecified atom stereocenters. The Kier molecular flexibility index (Phi) is 4.66. The van der Waals surface area contributed by atoms with E-state index in [1.807, 2.05) is 19.1 Å². The van der Waals surface area contributed by atoms with E-state index in [9.17, 15) is 10.1 Å². The average Bonchev–Trinajstić information content (AvgIpc) is 2.37. The molecule has 0 spiro atoms. The third-order valence-electron chi connectivity index (χ3n) is 3.65. The molecule has 1 aromatic rings. The van der Waals surface area contributed by atoms with Gasteiger partial charge in [-0.1, -0.05) is 0 Å². The second kappa shape index (κ2) is 6.27. The third kappa shape index (κ3) is 3.31. The second-order valence-corrected chi connectivity index (χ2v) is 6.23. The fourth-order valence-electron chi connectivity index (χ4n) is 2.86. The van der Waals surface area contributed by atoms with Crippen molar-refractivity contribution in [1.82, 2.24) is 0 Å². The van der Waals surface area contributed by atoms with Crippen LogP contribution in [0, 0.1) is 24.2 Å². The van der Waals surface area contributed by atoms with Crippen molar-refractivity contribution in [3.63, 3.8) is 0 Å². The average molecular weight is 336 g/mol. The molecular formula is C15H18BrN3O. The number of hydrogen-bond donors (Lipinski definition) is 1. The summed E-state index contributed by atoms with van der Waals surface area (Å²) in [5.74, 6) is 0.0290. The van der Waals surface area contributed by atoms with Gasteiger partial charge < -0.3 is 10.6 Å². The van der Waals surface area contributed by atoms with E-state index < -0.39 is 0 Å². The number of benzene rings is 1. The second-order valence-electron chi connectivity index (χ2n) is 5.38. The van der Waals surface area contributed by atoms with Crippen LogP contribution in [0.2, 0.25) is 0 Å². The van der Waals surface area contributed by atoms with Crippen molar-refractivity contribution in [3.05, 3.63) is 27.7 Å². The van der Waals surface area contributed by atoms with E-state index in [4.69, 9.17) is 5.73 Å². The number of anilines is 1. The monoisotopic (exact) mass is 335 g/mol. The largest absolute Gasteiger partial charge is 0.370 e. The first-order chi connectivity index (χ1) is 9.51. The van der Waals surface area contributed by atoms with Gasteiger partial charge in [-0.3, -0.25) is 4.79 Å². The molecule has 0 radical (unpaired) electrons. The molecule has 1 aliphatic heterocycles. The standard InChI is InChI=1S/C15H18BrN3O/c1-10-5-12(8-17)15(13(16)6-10)19-4-2-3-11(9-19)7-14(18)20/h5-6,11H,2-4,7,9H2,1H3,(H2,18,20). The van der Waals surface area contributed by atoms with Crippen LogP contribution in [-0.4, -0.2) is 19.0 Å². The summed E-state index contributed by atoms with van der Waals surface area (Å²) < 4.78 is 0.939. The van der Waals surface area contributed by atoms with Gasteiger partial charge >= 0.3 is 0 Å². The zero-order chi connectivity index (χ0) is 14.7. The van der Waals surface area contributed by atoms with Crippen molar-refractivity contribution in [2.75, 3.05) is 18.0 Å². The molecule has 1 fully saturated rings. The zero-order valence-electron chi connectivity index (χ0n) is 11.5. The lowest BCUT2D eigenvalue weighted by atomic mass is 9.93. The molecule has 5 heteroatoms. The van der Waals surface area contributed by atoms with Crippen molar-refractivity contribution in [3.8, 4) is 6.07 Å². The van der Waals surface area contributed by atoms with E-state index in [0.717, 1.165) is 41.7 Å². The smallest absolute Gasteiger partial charge is 0.217 e. The Bertz CT molecular complexity index is 565. The number of halogens is 1. The molecule has 20 heavy (non-hydrogen) atoms. The molecule has 1 saturated heterocycles. The fraction of sp³-hybridized carbons (Fsp3) is 0.467. The van der Waals surface area contributed by atoms with E-state index in [1.54, 1.807) is 0 Å². The van der Waals surface area contributed by atoms with E-state index in [2.05, 4.69) is 26.9 Å². The summed E-state index contributed by atoms with van der Waals surface area (Å²) in [7, 11) is 0. The van der Waals surface area contributed by atoms with Gasteiger partial charge in [0.15, 0.2) is 0 Å². The molecule has 4 nitrogen and oxygen atoms in total. The van der Waals surface area contributed by atoms with Crippen molar-refractivity contribution in [2.24, 2.45) is 11.7 Å². The minimum absolute atomic E-state index is 0.250. The number of carbonyl (C=O) groups excluding carboxylic acids is 1. The molecule has 0 saturated carbocycles. The fourth-order valence-corrected chi connectivity index (χ4v) is 3.69. The van der Waals surface area contributed by atoms with Crippen LogP contribution in [0.4, 0.5) is 5.69 Å². The Morgan fingerprint density at radius 3 is 3.00 bits per heavy atom. The minimum atomic E-state index is -0.250. The summed E-state index contributed by atoms with van der Waals surface area (Å²) in [6.07, 6.45) is 2.45. The van der Waals surface area contributed by atoms with Gasteiger partial charge in [0.05, 0.1) is 11.3 Å². The molecule has 1 heterocycles. The van der Waals surface area contributed by atoms with Crippen LogP contribution < -0.4 is 10.6 Å². The molecule has 1 amide bonds. The Balaban J connectivity index is 2.27. The van der Waals surface area contributed by atoms with Gasteiger partial charge in [0.25, 0.3) is 0 Å². The molecule has 0 aliphatic carbocycles. The molecule has 0 aromatic heterocycles. The van der Waals surface area contributed by atoms with Gasteiger partial charge in [-0.2, -0.15) is 5.26 Å². The Hall–Kier alpha value is -1.54. The third-order valence-corrected chi connectivity index (χ3v) is 4.26. The van der Waals surface area contributed by atoms with Crippen LogP contribution >= 0.6 is 15.9 Å². The Morgan fingerprint density at radius 2 is 2.35 bits per heavy atom. The van der Waals surface area contributed by atoms with E-state index in [1.165, 1.54) is 0 Å². The van der Waals surface area contributed by atoms with Gasteiger partial charge in [-0.05, 0) is 59.3 Å². The normalized spacial score (nSPS) is 18.6. The molecule has 1 aromatic carbocycles. The first-order valence-electron chi connectivity index (χ1n) is 6.74. The summed E-state index contributed by atoms with van der Waals surface area (Å²) >= 11 is 3.56. The number of carbonyl (C=O) groups is 1. The summed E-state index contributed by atoms with van der Waals surface area (Å²) in [4.78, 5) is 13.3. The number of nitrogens with zero attached hydrogens (tertiary/aromatic N) is 2. The highest BCUT2D eigenvalue weighted by Crippen LogP contribution is 2.34. The van der Waals surface area contributed by atoms with Crippen LogP contribution in [0.5, 0.6) is 0 Å². The summed E-state index contributed by atoms with van der Waals surface area (Å²) in [5, 5.41) is 9.34. The molecule has 0 bridgehead atoms. The van der Waals surface area contributed by atoms with Crippen LogP contribution in [0.15, 0.2) is 16.6 Å². The number of primary amides is 1. The quantitative estimate of drug-likeness (QED) is 0.923. The van der Waals surface area contributed by atoms with Gasteiger partial charge in [0.1, 0.15) is 6.07 Å². The van der Waals surface area contributed by atoms with Crippen molar-refractivity contribution in [1.29, 1.82) is 5.26 Å². The van der Waals surface area contributed by atoms with Crippen molar-refractivity contribution >= 4 is 27.5 Å². The lowest BCUT2D eigenvalue weighted by Gasteiger charge is -2.35. The Morgan fingerprint density at radius 1 is 1.60 bits per heavy atom. The molecule has 1 aliphatic rings. The summed E-state index contributed by atoms with van der Waals surface area (Å²) in [6, 6.07) is 6.19. The lowest BCUT2D eigenvalue weighted by Crippen LogP contribution is -2.37. The van der Waals surface area contributed by atoms with Gasteiger partial charge in [-0.25, -0.2) is 0 Å². The predicted molar refractivity (Wildman–Crippen MR) is 82.3 cm³/mol.